The Labute approximate surface area is 136 Å². The molecule has 3 rings (SSSR count). The van der Waals surface area contributed by atoms with Gasteiger partial charge >= 0.3 is 5.97 Å². The minimum Gasteiger partial charge on any atom is -0.461 e. The van der Waals surface area contributed by atoms with E-state index in [-0.39, 0.29) is 24.3 Å². The first-order chi connectivity index (χ1) is 11.0. The molecule has 1 aliphatic carbocycles. The van der Waals surface area contributed by atoms with E-state index in [2.05, 4.69) is 5.10 Å². The fourth-order valence-corrected chi connectivity index (χ4v) is 3.33. The zero-order chi connectivity index (χ0) is 16.6. The number of carbonyl (C=O) groups excluding carboxylic acids is 2. The molecule has 6 heteroatoms. The van der Waals surface area contributed by atoms with Crippen LogP contribution in [-0.2, 0) is 15.9 Å². The van der Waals surface area contributed by atoms with Crippen LogP contribution in [0, 0.1) is 5.41 Å². The third-order valence-corrected chi connectivity index (χ3v) is 4.74. The molecule has 0 aromatic carbocycles. The van der Waals surface area contributed by atoms with E-state index in [0.717, 1.165) is 37.8 Å². The maximum Gasteiger partial charge on any atom is 0.359 e. The topological polar surface area (TPSA) is 70.4 Å². The van der Waals surface area contributed by atoms with Crippen LogP contribution in [0.4, 0.5) is 0 Å². The van der Waals surface area contributed by atoms with Gasteiger partial charge in [0.2, 0.25) is 0 Å². The molecular formula is C17H24N2O4. The normalized spacial score (nSPS) is 23.4. The summed E-state index contributed by atoms with van der Waals surface area (Å²) in [6.07, 6.45) is 4.24. The van der Waals surface area contributed by atoms with E-state index in [4.69, 9.17) is 9.47 Å². The third-order valence-electron chi connectivity index (χ3n) is 4.74. The predicted octanol–water partition coefficient (Wildman–Crippen LogP) is 2.91. The number of esters is 1. The summed E-state index contributed by atoms with van der Waals surface area (Å²) in [5.74, 6) is -0.548. The molecule has 0 amide bonds. The van der Waals surface area contributed by atoms with Gasteiger partial charge in [-0.15, -0.1) is 0 Å². The summed E-state index contributed by atoms with van der Waals surface area (Å²) in [5, 5.41) is 4.45. The SMILES string of the molecule is CCOC(=O)c1nn(C2CCCCO2)c2c1C(=O)C(C)(C)CC2. The summed E-state index contributed by atoms with van der Waals surface area (Å²) < 4.78 is 12.7. The first-order valence-electron chi connectivity index (χ1n) is 8.40. The van der Waals surface area contributed by atoms with Gasteiger partial charge < -0.3 is 9.47 Å². The van der Waals surface area contributed by atoms with Gasteiger partial charge in [0.15, 0.2) is 17.7 Å². The largest absolute Gasteiger partial charge is 0.461 e. The van der Waals surface area contributed by atoms with Gasteiger partial charge in [-0.25, -0.2) is 9.48 Å². The Balaban J connectivity index is 2.07. The molecule has 6 nitrogen and oxygen atoms in total. The number of rotatable bonds is 3. The smallest absolute Gasteiger partial charge is 0.359 e. The van der Waals surface area contributed by atoms with Crippen molar-refractivity contribution in [2.24, 2.45) is 5.41 Å². The Morgan fingerprint density at radius 1 is 1.43 bits per heavy atom. The number of ketones is 1. The van der Waals surface area contributed by atoms with Crippen LogP contribution in [0.2, 0.25) is 0 Å². The van der Waals surface area contributed by atoms with E-state index in [9.17, 15) is 9.59 Å². The number of ether oxygens (including phenoxy) is 2. The summed E-state index contributed by atoms with van der Waals surface area (Å²) in [6.45, 7) is 6.53. The van der Waals surface area contributed by atoms with Crippen molar-refractivity contribution in [2.75, 3.05) is 13.2 Å². The Bertz CT molecular complexity index is 627. The second kappa shape index (κ2) is 6.07. The molecule has 0 saturated carbocycles. The van der Waals surface area contributed by atoms with E-state index in [1.165, 1.54) is 0 Å². The fraction of sp³-hybridized carbons (Fsp3) is 0.706. The molecule has 2 heterocycles. The van der Waals surface area contributed by atoms with Crippen LogP contribution in [0.15, 0.2) is 0 Å². The molecule has 126 valence electrons. The minimum atomic E-state index is -0.524. The first-order valence-corrected chi connectivity index (χ1v) is 8.40. The highest BCUT2D eigenvalue weighted by molar-refractivity contribution is 6.09. The highest BCUT2D eigenvalue weighted by Crippen LogP contribution is 2.38. The van der Waals surface area contributed by atoms with E-state index in [1.807, 2.05) is 13.8 Å². The second-order valence-electron chi connectivity index (χ2n) is 6.87. The molecule has 1 aliphatic heterocycles. The van der Waals surface area contributed by atoms with E-state index < -0.39 is 11.4 Å². The summed E-state index contributed by atoms with van der Waals surface area (Å²) in [4.78, 5) is 25.1. The number of fused-ring (bicyclic) bond motifs is 1. The number of hydrogen-bond donors (Lipinski definition) is 0. The van der Waals surface area contributed by atoms with Gasteiger partial charge in [0.1, 0.15) is 0 Å². The van der Waals surface area contributed by atoms with Gasteiger partial charge in [0.25, 0.3) is 0 Å². The molecule has 2 aliphatic rings. The van der Waals surface area contributed by atoms with E-state index in [0.29, 0.717) is 12.2 Å². The summed E-state index contributed by atoms with van der Waals surface area (Å²) >= 11 is 0. The van der Waals surface area contributed by atoms with Gasteiger partial charge in [0.05, 0.1) is 17.9 Å². The lowest BCUT2D eigenvalue weighted by molar-refractivity contribution is -0.0416. The van der Waals surface area contributed by atoms with Crippen molar-refractivity contribution in [3.05, 3.63) is 17.0 Å². The number of nitrogens with zero attached hydrogens (tertiary/aromatic N) is 2. The molecule has 0 bridgehead atoms. The van der Waals surface area contributed by atoms with Crippen LogP contribution in [0.1, 0.15) is 79.2 Å². The third kappa shape index (κ3) is 2.80. The first kappa shape index (κ1) is 16.2. The van der Waals surface area contributed by atoms with Crippen molar-refractivity contribution in [3.8, 4) is 0 Å². The Kier molecular flexibility index (Phi) is 4.27. The molecule has 1 saturated heterocycles. The summed E-state index contributed by atoms with van der Waals surface area (Å²) in [6, 6.07) is 0. The maximum absolute atomic E-state index is 12.9. The minimum absolute atomic E-state index is 0.0242. The lowest BCUT2D eigenvalue weighted by Crippen LogP contribution is -2.32. The van der Waals surface area contributed by atoms with Crippen molar-refractivity contribution in [2.45, 2.75) is 59.1 Å². The average molecular weight is 320 g/mol. The molecule has 1 aromatic heterocycles. The van der Waals surface area contributed by atoms with Crippen LogP contribution in [0.3, 0.4) is 0 Å². The molecule has 1 unspecified atom stereocenters. The second-order valence-corrected chi connectivity index (χ2v) is 6.87. The van der Waals surface area contributed by atoms with Crippen molar-refractivity contribution in [3.63, 3.8) is 0 Å². The van der Waals surface area contributed by atoms with E-state index >= 15 is 0 Å². The number of aromatic nitrogens is 2. The molecule has 23 heavy (non-hydrogen) atoms. The van der Waals surface area contributed by atoms with Crippen molar-refractivity contribution >= 4 is 11.8 Å². The van der Waals surface area contributed by atoms with Crippen molar-refractivity contribution in [1.29, 1.82) is 0 Å². The average Bonchev–Trinajstić information content (AvgIpc) is 2.92. The van der Waals surface area contributed by atoms with Crippen LogP contribution in [0.25, 0.3) is 0 Å². The standard InChI is InChI=1S/C17H24N2O4/c1-4-22-16(21)14-13-11(8-9-17(2,3)15(13)20)19(18-14)12-7-5-6-10-23-12/h12H,4-10H2,1-3H3. The lowest BCUT2D eigenvalue weighted by atomic mass is 9.74. The van der Waals surface area contributed by atoms with Gasteiger partial charge in [-0.05, 0) is 39.0 Å². The molecule has 0 spiro atoms. The summed E-state index contributed by atoms with van der Waals surface area (Å²) in [5.41, 5.74) is 0.933. The zero-order valence-corrected chi connectivity index (χ0v) is 14.1. The zero-order valence-electron chi connectivity index (χ0n) is 14.1. The molecule has 1 fully saturated rings. The Hall–Kier alpha value is -1.69. The van der Waals surface area contributed by atoms with Crippen LogP contribution in [-0.4, -0.2) is 34.7 Å². The monoisotopic (exact) mass is 320 g/mol. The van der Waals surface area contributed by atoms with E-state index in [1.54, 1.807) is 11.6 Å². The van der Waals surface area contributed by atoms with Crippen LogP contribution in [0.5, 0.6) is 0 Å². The highest BCUT2D eigenvalue weighted by Gasteiger charge is 2.41. The van der Waals surface area contributed by atoms with Crippen molar-refractivity contribution in [1.82, 2.24) is 9.78 Å². The lowest BCUT2D eigenvalue weighted by Gasteiger charge is -2.30. The Morgan fingerprint density at radius 2 is 2.22 bits per heavy atom. The predicted molar refractivity (Wildman–Crippen MR) is 83.5 cm³/mol. The van der Waals surface area contributed by atoms with Crippen molar-refractivity contribution < 1.29 is 19.1 Å². The van der Waals surface area contributed by atoms with Gasteiger partial charge in [0, 0.05) is 12.0 Å². The summed E-state index contributed by atoms with van der Waals surface area (Å²) in [7, 11) is 0. The molecule has 0 radical (unpaired) electrons. The van der Waals surface area contributed by atoms with Gasteiger partial charge in [-0.3, -0.25) is 4.79 Å². The van der Waals surface area contributed by atoms with Crippen LogP contribution < -0.4 is 0 Å². The Morgan fingerprint density at radius 3 is 2.87 bits per heavy atom. The number of Topliss-reactive ketones (excluding diaryl/α,β-unsaturated/α-hetero) is 1. The maximum atomic E-state index is 12.9. The fourth-order valence-electron chi connectivity index (χ4n) is 3.33. The number of carbonyl (C=O) groups is 2. The molecular weight excluding hydrogens is 296 g/mol. The highest BCUT2D eigenvalue weighted by atomic mass is 16.5. The van der Waals surface area contributed by atoms with Gasteiger partial charge in [-0.1, -0.05) is 13.8 Å². The molecule has 1 aromatic rings. The van der Waals surface area contributed by atoms with Crippen LogP contribution >= 0.6 is 0 Å². The number of hydrogen-bond acceptors (Lipinski definition) is 5. The quantitative estimate of drug-likeness (QED) is 0.801. The molecule has 1 atom stereocenters. The molecule has 0 N–H and O–H groups in total. The van der Waals surface area contributed by atoms with Gasteiger partial charge in [-0.2, -0.15) is 5.10 Å².